The zero-order valence-electron chi connectivity index (χ0n) is 11.6. The Morgan fingerprint density at radius 2 is 2.00 bits per heavy atom. The van der Waals surface area contributed by atoms with E-state index in [9.17, 15) is 0 Å². The van der Waals surface area contributed by atoms with Crippen LogP contribution >= 0.6 is 0 Å². The number of hydrogen-bond donors (Lipinski definition) is 0. The Labute approximate surface area is 101 Å². The van der Waals surface area contributed by atoms with Gasteiger partial charge in [0, 0.05) is 20.0 Å². The molecule has 0 aliphatic carbocycles. The SMILES string of the molecule is CCCC(C)(CC)N=C1CCCCCN1C. The maximum Gasteiger partial charge on any atom is 0.0993 e. The Morgan fingerprint density at radius 1 is 1.25 bits per heavy atom. The van der Waals surface area contributed by atoms with E-state index in [1.807, 2.05) is 0 Å². The van der Waals surface area contributed by atoms with Crippen LogP contribution in [0, 0.1) is 0 Å². The Kier molecular flexibility index (Phi) is 5.30. The summed E-state index contributed by atoms with van der Waals surface area (Å²) in [5.41, 5.74) is 0.169. The highest BCUT2D eigenvalue weighted by molar-refractivity contribution is 5.82. The molecule has 0 saturated carbocycles. The highest BCUT2D eigenvalue weighted by atomic mass is 15.2. The molecule has 2 heteroatoms. The van der Waals surface area contributed by atoms with Gasteiger partial charge in [-0.1, -0.05) is 26.7 Å². The zero-order valence-corrected chi connectivity index (χ0v) is 11.6. The van der Waals surface area contributed by atoms with Crippen LogP contribution in [-0.4, -0.2) is 29.9 Å². The molecule has 0 bridgehead atoms. The molecule has 1 fully saturated rings. The third-order valence-corrected chi connectivity index (χ3v) is 3.78. The molecule has 16 heavy (non-hydrogen) atoms. The Hall–Kier alpha value is -0.530. The molecule has 0 amide bonds. The van der Waals surface area contributed by atoms with Crippen molar-refractivity contribution in [1.29, 1.82) is 0 Å². The number of rotatable bonds is 4. The molecule has 1 rings (SSSR count). The van der Waals surface area contributed by atoms with E-state index in [0.717, 1.165) is 6.42 Å². The molecular formula is C14H28N2. The second kappa shape index (κ2) is 6.27. The van der Waals surface area contributed by atoms with Gasteiger partial charge in [-0.2, -0.15) is 0 Å². The fourth-order valence-corrected chi connectivity index (χ4v) is 2.43. The normalized spacial score (nSPS) is 24.2. The molecule has 0 aromatic rings. The average Bonchev–Trinajstić information content (AvgIpc) is 2.45. The van der Waals surface area contributed by atoms with Crippen molar-refractivity contribution in [2.24, 2.45) is 4.99 Å². The van der Waals surface area contributed by atoms with Gasteiger partial charge in [0.25, 0.3) is 0 Å². The second-order valence-corrected chi connectivity index (χ2v) is 5.36. The maximum absolute atomic E-state index is 5.06. The van der Waals surface area contributed by atoms with E-state index in [-0.39, 0.29) is 5.54 Å². The maximum atomic E-state index is 5.06. The van der Waals surface area contributed by atoms with Gasteiger partial charge in [-0.25, -0.2) is 0 Å². The lowest BCUT2D eigenvalue weighted by atomic mass is 9.94. The first-order valence-corrected chi connectivity index (χ1v) is 6.91. The molecule has 0 aromatic carbocycles. The highest BCUT2D eigenvalue weighted by Gasteiger charge is 2.22. The summed E-state index contributed by atoms with van der Waals surface area (Å²) in [7, 11) is 2.20. The van der Waals surface area contributed by atoms with Crippen molar-refractivity contribution in [3.05, 3.63) is 0 Å². The summed E-state index contributed by atoms with van der Waals surface area (Å²) in [4.78, 5) is 7.43. The van der Waals surface area contributed by atoms with Gasteiger partial charge < -0.3 is 4.90 Å². The molecule has 0 aromatic heterocycles. The van der Waals surface area contributed by atoms with Crippen molar-refractivity contribution >= 4 is 5.84 Å². The first-order valence-electron chi connectivity index (χ1n) is 6.91. The standard InChI is InChI=1S/C14H28N2/c1-5-11-14(3,6-2)15-13-10-8-7-9-12-16(13)4/h5-12H2,1-4H3. The fraction of sp³-hybridized carbons (Fsp3) is 0.929. The minimum Gasteiger partial charge on any atom is -0.363 e. The topological polar surface area (TPSA) is 15.6 Å². The molecule has 1 unspecified atom stereocenters. The van der Waals surface area contributed by atoms with E-state index < -0.39 is 0 Å². The minimum absolute atomic E-state index is 0.169. The summed E-state index contributed by atoms with van der Waals surface area (Å²) in [5.74, 6) is 1.34. The smallest absolute Gasteiger partial charge is 0.0993 e. The van der Waals surface area contributed by atoms with Crippen LogP contribution in [0.15, 0.2) is 4.99 Å². The van der Waals surface area contributed by atoms with Crippen molar-refractivity contribution in [3.8, 4) is 0 Å². The molecule has 2 nitrogen and oxygen atoms in total. The van der Waals surface area contributed by atoms with E-state index in [1.54, 1.807) is 0 Å². The first-order chi connectivity index (χ1) is 7.61. The molecule has 0 N–H and O–H groups in total. The quantitative estimate of drug-likeness (QED) is 0.708. The van der Waals surface area contributed by atoms with Crippen LogP contribution < -0.4 is 0 Å². The Morgan fingerprint density at radius 3 is 2.62 bits per heavy atom. The lowest BCUT2D eigenvalue weighted by molar-refractivity contribution is 0.401. The fourth-order valence-electron chi connectivity index (χ4n) is 2.43. The van der Waals surface area contributed by atoms with Crippen LogP contribution in [0.5, 0.6) is 0 Å². The predicted octanol–water partition coefficient (Wildman–Crippen LogP) is 3.86. The molecule has 0 spiro atoms. The van der Waals surface area contributed by atoms with Crippen LogP contribution in [0.25, 0.3) is 0 Å². The van der Waals surface area contributed by atoms with Gasteiger partial charge in [-0.15, -0.1) is 0 Å². The summed E-state index contributed by atoms with van der Waals surface area (Å²) < 4.78 is 0. The van der Waals surface area contributed by atoms with Crippen molar-refractivity contribution in [2.75, 3.05) is 13.6 Å². The van der Waals surface area contributed by atoms with Crippen LogP contribution in [0.2, 0.25) is 0 Å². The molecule has 94 valence electrons. The van der Waals surface area contributed by atoms with Gasteiger partial charge in [0.15, 0.2) is 0 Å². The van der Waals surface area contributed by atoms with E-state index >= 15 is 0 Å². The van der Waals surface area contributed by atoms with Crippen LogP contribution in [0.1, 0.15) is 65.7 Å². The third-order valence-electron chi connectivity index (χ3n) is 3.78. The lowest BCUT2D eigenvalue weighted by Gasteiger charge is -2.28. The monoisotopic (exact) mass is 224 g/mol. The van der Waals surface area contributed by atoms with Gasteiger partial charge in [0.2, 0.25) is 0 Å². The van der Waals surface area contributed by atoms with Crippen LogP contribution in [0.3, 0.4) is 0 Å². The van der Waals surface area contributed by atoms with E-state index in [0.29, 0.717) is 0 Å². The number of hydrogen-bond acceptors (Lipinski definition) is 1. The van der Waals surface area contributed by atoms with Gasteiger partial charge in [-0.05, 0) is 32.6 Å². The summed E-state index contributed by atoms with van der Waals surface area (Å²) in [5, 5.41) is 0. The summed E-state index contributed by atoms with van der Waals surface area (Å²) in [6.07, 6.45) is 8.76. The Bertz CT molecular complexity index is 235. The highest BCUT2D eigenvalue weighted by Crippen LogP contribution is 2.24. The van der Waals surface area contributed by atoms with E-state index in [1.165, 1.54) is 50.9 Å². The minimum atomic E-state index is 0.169. The molecule has 1 atom stereocenters. The molecular weight excluding hydrogens is 196 g/mol. The largest absolute Gasteiger partial charge is 0.363 e. The second-order valence-electron chi connectivity index (χ2n) is 5.36. The van der Waals surface area contributed by atoms with Gasteiger partial charge in [0.05, 0.1) is 11.4 Å². The number of amidine groups is 1. The van der Waals surface area contributed by atoms with Crippen LogP contribution in [-0.2, 0) is 0 Å². The predicted molar refractivity (Wildman–Crippen MR) is 72.1 cm³/mol. The molecule has 0 radical (unpaired) electrons. The third kappa shape index (κ3) is 3.80. The Balaban J connectivity index is 2.77. The average molecular weight is 224 g/mol. The summed E-state index contributed by atoms with van der Waals surface area (Å²) in [6, 6.07) is 0. The zero-order chi connectivity index (χ0) is 12.0. The molecule has 1 heterocycles. The van der Waals surface area contributed by atoms with Crippen molar-refractivity contribution in [2.45, 2.75) is 71.3 Å². The van der Waals surface area contributed by atoms with Gasteiger partial charge in [-0.3, -0.25) is 4.99 Å². The van der Waals surface area contributed by atoms with Gasteiger partial charge in [0.1, 0.15) is 0 Å². The van der Waals surface area contributed by atoms with Crippen molar-refractivity contribution < 1.29 is 0 Å². The summed E-state index contributed by atoms with van der Waals surface area (Å²) in [6.45, 7) is 8.01. The van der Waals surface area contributed by atoms with E-state index in [2.05, 4.69) is 32.7 Å². The number of likely N-dealkylation sites (tertiary alicyclic amines) is 1. The lowest BCUT2D eigenvalue weighted by Crippen LogP contribution is -2.31. The van der Waals surface area contributed by atoms with Crippen molar-refractivity contribution in [1.82, 2.24) is 4.90 Å². The summed E-state index contributed by atoms with van der Waals surface area (Å²) >= 11 is 0. The van der Waals surface area contributed by atoms with Crippen LogP contribution in [0.4, 0.5) is 0 Å². The number of aliphatic imine (C=N–C) groups is 1. The van der Waals surface area contributed by atoms with Gasteiger partial charge >= 0.3 is 0 Å². The first kappa shape index (κ1) is 13.5. The van der Waals surface area contributed by atoms with Crippen molar-refractivity contribution in [3.63, 3.8) is 0 Å². The van der Waals surface area contributed by atoms with E-state index in [4.69, 9.17) is 4.99 Å². The molecule has 1 aliphatic rings. The molecule has 1 saturated heterocycles. The molecule has 1 aliphatic heterocycles. The number of nitrogens with zero attached hydrogens (tertiary/aromatic N) is 2.